The monoisotopic (exact) mass is 312 g/mol. The second-order valence-corrected chi connectivity index (χ2v) is 5.72. The number of halogens is 1. The first-order valence-electron chi connectivity index (χ1n) is 7.46. The Morgan fingerprint density at radius 3 is 2.43 bits per heavy atom. The highest BCUT2D eigenvalue weighted by molar-refractivity contribution is 5.98. The average molecular weight is 312 g/mol. The van der Waals surface area contributed by atoms with Crippen molar-refractivity contribution in [1.29, 1.82) is 0 Å². The molecule has 1 aliphatic rings. The predicted octanol–water partition coefficient (Wildman–Crippen LogP) is 2.67. The summed E-state index contributed by atoms with van der Waals surface area (Å²) in [6.07, 6.45) is 0.265. The maximum atomic E-state index is 12.9. The number of carbonyl (C=O) groups excluding carboxylic acids is 2. The van der Waals surface area contributed by atoms with Gasteiger partial charge < -0.3 is 10.2 Å². The molecule has 118 valence electrons. The molecular formula is C18H17FN2O2. The van der Waals surface area contributed by atoms with Crippen LogP contribution in [0.2, 0.25) is 0 Å². The number of nitrogens with zero attached hydrogens (tertiary/aromatic N) is 1. The van der Waals surface area contributed by atoms with Crippen LogP contribution in [0, 0.1) is 12.7 Å². The molecule has 2 amide bonds. The summed E-state index contributed by atoms with van der Waals surface area (Å²) in [4.78, 5) is 26.0. The van der Waals surface area contributed by atoms with E-state index in [1.54, 1.807) is 4.90 Å². The van der Waals surface area contributed by atoms with Crippen LogP contribution in [0.1, 0.15) is 22.3 Å². The van der Waals surface area contributed by atoms with Crippen LogP contribution in [0.25, 0.3) is 0 Å². The Morgan fingerprint density at radius 1 is 1.13 bits per heavy atom. The lowest BCUT2D eigenvalue weighted by molar-refractivity contribution is -0.117. The molecule has 1 N–H and O–H groups in total. The molecule has 1 fully saturated rings. The summed E-state index contributed by atoms with van der Waals surface area (Å²) in [7, 11) is 0. The smallest absolute Gasteiger partial charge is 0.251 e. The second-order valence-electron chi connectivity index (χ2n) is 5.72. The molecule has 2 aromatic rings. The number of aryl methyl sites for hydroxylation is 1. The zero-order valence-electron chi connectivity index (χ0n) is 12.8. The van der Waals surface area contributed by atoms with E-state index in [1.165, 1.54) is 24.3 Å². The van der Waals surface area contributed by atoms with Crippen molar-refractivity contribution in [2.24, 2.45) is 0 Å². The number of carbonyl (C=O) groups is 2. The summed E-state index contributed by atoms with van der Waals surface area (Å²) in [6, 6.07) is 12.8. The maximum absolute atomic E-state index is 12.9. The van der Waals surface area contributed by atoms with Gasteiger partial charge in [-0.05, 0) is 43.3 Å². The topological polar surface area (TPSA) is 49.4 Å². The third kappa shape index (κ3) is 3.39. The summed E-state index contributed by atoms with van der Waals surface area (Å²) in [5.41, 5.74) is 2.34. The van der Waals surface area contributed by atoms with Gasteiger partial charge in [0.15, 0.2) is 0 Å². The molecule has 2 aromatic carbocycles. The molecule has 1 atom stereocenters. The van der Waals surface area contributed by atoms with Crippen molar-refractivity contribution < 1.29 is 14.0 Å². The van der Waals surface area contributed by atoms with Crippen molar-refractivity contribution in [2.45, 2.75) is 19.4 Å². The highest BCUT2D eigenvalue weighted by Gasteiger charge is 2.31. The van der Waals surface area contributed by atoms with Gasteiger partial charge in [0.05, 0.1) is 6.04 Å². The molecule has 3 rings (SSSR count). The first-order chi connectivity index (χ1) is 11.0. The molecule has 0 radical (unpaired) electrons. The van der Waals surface area contributed by atoms with E-state index in [9.17, 15) is 14.0 Å². The Labute approximate surface area is 133 Å². The third-order valence-electron chi connectivity index (χ3n) is 3.91. The lowest BCUT2D eigenvalue weighted by Gasteiger charge is -2.17. The van der Waals surface area contributed by atoms with Gasteiger partial charge in [-0.1, -0.05) is 17.7 Å². The van der Waals surface area contributed by atoms with Crippen molar-refractivity contribution in [2.75, 3.05) is 11.4 Å². The number of benzene rings is 2. The number of anilines is 1. The Kier molecular flexibility index (Phi) is 4.10. The Morgan fingerprint density at radius 2 is 1.78 bits per heavy atom. The van der Waals surface area contributed by atoms with E-state index >= 15 is 0 Å². The molecular weight excluding hydrogens is 295 g/mol. The van der Waals surface area contributed by atoms with E-state index in [4.69, 9.17) is 0 Å². The number of rotatable bonds is 3. The Balaban J connectivity index is 1.66. The number of hydrogen-bond acceptors (Lipinski definition) is 2. The van der Waals surface area contributed by atoms with Gasteiger partial charge in [0.2, 0.25) is 5.91 Å². The summed E-state index contributed by atoms with van der Waals surface area (Å²) >= 11 is 0. The fourth-order valence-electron chi connectivity index (χ4n) is 2.65. The van der Waals surface area contributed by atoms with E-state index in [-0.39, 0.29) is 30.1 Å². The zero-order valence-corrected chi connectivity index (χ0v) is 12.8. The molecule has 1 unspecified atom stereocenters. The standard InChI is InChI=1S/C18H17FN2O2/c1-12-2-8-16(9-3-12)21-11-15(10-17(21)22)20-18(23)13-4-6-14(19)7-5-13/h2-9,15H,10-11H2,1H3,(H,20,23). The molecule has 23 heavy (non-hydrogen) atoms. The van der Waals surface area contributed by atoms with E-state index in [2.05, 4.69) is 5.32 Å². The molecule has 1 aliphatic heterocycles. The first-order valence-corrected chi connectivity index (χ1v) is 7.46. The van der Waals surface area contributed by atoms with Gasteiger partial charge in [-0.3, -0.25) is 9.59 Å². The van der Waals surface area contributed by atoms with Crippen molar-refractivity contribution >= 4 is 17.5 Å². The summed E-state index contributed by atoms with van der Waals surface area (Å²) < 4.78 is 12.9. The molecule has 0 aromatic heterocycles. The van der Waals surface area contributed by atoms with Gasteiger partial charge in [-0.15, -0.1) is 0 Å². The molecule has 1 heterocycles. The van der Waals surface area contributed by atoms with Gasteiger partial charge in [-0.25, -0.2) is 4.39 Å². The van der Waals surface area contributed by atoms with Crippen LogP contribution < -0.4 is 10.2 Å². The van der Waals surface area contributed by atoms with E-state index in [0.29, 0.717) is 12.1 Å². The minimum Gasteiger partial charge on any atom is -0.347 e. The van der Waals surface area contributed by atoms with Gasteiger partial charge in [-0.2, -0.15) is 0 Å². The first kappa shape index (κ1) is 15.2. The SMILES string of the molecule is Cc1ccc(N2CC(NC(=O)c3ccc(F)cc3)CC2=O)cc1. The molecule has 0 bridgehead atoms. The van der Waals surface area contributed by atoms with E-state index in [1.807, 2.05) is 31.2 Å². The molecule has 0 saturated carbocycles. The average Bonchev–Trinajstić information content (AvgIpc) is 2.89. The van der Waals surface area contributed by atoms with Crippen LogP contribution in [0.5, 0.6) is 0 Å². The van der Waals surface area contributed by atoms with Crippen LogP contribution >= 0.6 is 0 Å². The summed E-state index contributed by atoms with van der Waals surface area (Å²) in [5, 5.41) is 2.83. The van der Waals surface area contributed by atoms with Gasteiger partial charge in [0.25, 0.3) is 5.91 Å². The number of amides is 2. The lowest BCUT2D eigenvalue weighted by atomic mass is 10.2. The zero-order chi connectivity index (χ0) is 16.4. The molecule has 4 nitrogen and oxygen atoms in total. The van der Waals surface area contributed by atoms with Crippen molar-refractivity contribution in [3.8, 4) is 0 Å². The fourth-order valence-corrected chi connectivity index (χ4v) is 2.65. The normalized spacial score (nSPS) is 17.4. The van der Waals surface area contributed by atoms with Crippen LogP contribution in [-0.2, 0) is 4.79 Å². The second kappa shape index (κ2) is 6.20. The molecule has 1 saturated heterocycles. The van der Waals surface area contributed by atoms with E-state index in [0.717, 1.165) is 11.3 Å². The lowest BCUT2D eigenvalue weighted by Crippen LogP contribution is -2.37. The van der Waals surface area contributed by atoms with Crippen LogP contribution in [-0.4, -0.2) is 24.4 Å². The van der Waals surface area contributed by atoms with Crippen molar-refractivity contribution in [3.63, 3.8) is 0 Å². The molecule has 0 aliphatic carbocycles. The summed E-state index contributed by atoms with van der Waals surface area (Å²) in [6.45, 7) is 2.43. The van der Waals surface area contributed by atoms with Gasteiger partial charge in [0, 0.05) is 24.2 Å². The Bertz CT molecular complexity index is 726. The fraction of sp³-hybridized carbons (Fsp3) is 0.222. The Hall–Kier alpha value is -2.69. The van der Waals surface area contributed by atoms with Crippen molar-refractivity contribution in [3.05, 3.63) is 65.5 Å². The largest absolute Gasteiger partial charge is 0.347 e. The van der Waals surface area contributed by atoms with Crippen LogP contribution in [0.3, 0.4) is 0 Å². The van der Waals surface area contributed by atoms with Crippen LogP contribution in [0.4, 0.5) is 10.1 Å². The minimum atomic E-state index is -0.386. The highest BCUT2D eigenvalue weighted by Crippen LogP contribution is 2.22. The van der Waals surface area contributed by atoms with Gasteiger partial charge >= 0.3 is 0 Å². The molecule has 5 heteroatoms. The van der Waals surface area contributed by atoms with Gasteiger partial charge in [0.1, 0.15) is 5.82 Å². The predicted molar refractivity (Wildman–Crippen MR) is 85.8 cm³/mol. The third-order valence-corrected chi connectivity index (χ3v) is 3.91. The maximum Gasteiger partial charge on any atom is 0.251 e. The van der Waals surface area contributed by atoms with E-state index < -0.39 is 0 Å². The quantitative estimate of drug-likeness (QED) is 0.947. The summed E-state index contributed by atoms with van der Waals surface area (Å²) in [5.74, 6) is -0.699. The number of nitrogens with one attached hydrogen (secondary N) is 1. The highest BCUT2D eigenvalue weighted by atomic mass is 19.1. The van der Waals surface area contributed by atoms with Crippen molar-refractivity contribution in [1.82, 2.24) is 5.32 Å². The minimum absolute atomic E-state index is 0.0155. The van der Waals surface area contributed by atoms with Crippen LogP contribution in [0.15, 0.2) is 48.5 Å². The molecule has 0 spiro atoms. The number of hydrogen-bond donors (Lipinski definition) is 1.